The van der Waals surface area contributed by atoms with Crippen LogP contribution in [0.2, 0.25) is 0 Å². The lowest BCUT2D eigenvalue weighted by atomic mass is 10.0. The van der Waals surface area contributed by atoms with Crippen molar-refractivity contribution in [3.63, 3.8) is 0 Å². The van der Waals surface area contributed by atoms with E-state index < -0.39 is 11.9 Å². The highest BCUT2D eigenvalue weighted by atomic mass is 127. The summed E-state index contributed by atoms with van der Waals surface area (Å²) in [5.41, 5.74) is 5.49. The minimum Gasteiger partial charge on any atom is -0.483 e. The molecule has 0 saturated carbocycles. The molecular formula is C26H23Br2IN2O4. The maximum absolute atomic E-state index is 12.7. The average Bonchev–Trinajstić information content (AvgIpc) is 2.79. The molecule has 3 rings (SSSR count). The largest absolute Gasteiger partial charge is 0.483 e. The second-order valence-corrected chi connectivity index (χ2v) is 10.9. The highest BCUT2D eigenvalue weighted by Gasteiger charge is 2.17. The van der Waals surface area contributed by atoms with E-state index in [1.807, 2.05) is 37.3 Å². The highest BCUT2D eigenvalue weighted by molar-refractivity contribution is 14.1. The Morgan fingerprint density at radius 1 is 1.11 bits per heavy atom. The van der Waals surface area contributed by atoms with Crippen molar-refractivity contribution in [3.05, 3.63) is 89.4 Å². The third kappa shape index (κ3) is 7.62. The first-order chi connectivity index (χ1) is 16.7. The first-order valence-corrected chi connectivity index (χ1v) is 13.3. The van der Waals surface area contributed by atoms with Crippen LogP contribution in [0.5, 0.6) is 11.5 Å². The molecule has 182 valence electrons. The van der Waals surface area contributed by atoms with Crippen LogP contribution in [-0.4, -0.2) is 24.7 Å². The third-order valence-electron chi connectivity index (χ3n) is 4.87. The lowest BCUT2D eigenvalue weighted by Crippen LogP contribution is -2.25. The van der Waals surface area contributed by atoms with Gasteiger partial charge in [0.2, 0.25) is 0 Å². The number of hydrogen-bond donors (Lipinski definition) is 1. The Morgan fingerprint density at radius 3 is 2.57 bits per heavy atom. The van der Waals surface area contributed by atoms with Gasteiger partial charge in [-0.25, -0.2) is 10.2 Å². The topological polar surface area (TPSA) is 77.0 Å². The first-order valence-electron chi connectivity index (χ1n) is 10.7. The smallest absolute Gasteiger partial charge is 0.344 e. The van der Waals surface area contributed by atoms with Crippen LogP contribution >= 0.6 is 54.5 Å². The van der Waals surface area contributed by atoms with Crippen LogP contribution in [0.1, 0.15) is 46.8 Å². The summed E-state index contributed by atoms with van der Waals surface area (Å²) in [6.45, 7) is 5.93. The number of amides is 1. The fourth-order valence-corrected chi connectivity index (χ4v) is 5.10. The molecule has 0 aromatic heterocycles. The Bertz CT molecular complexity index is 1280. The van der Waals surface area contributed by atoms with Gasteiger partial charge in [0.05, 0.1) is 16.3 Å². The Hall–Kier alpha value is -2.24. The van der Waals surface area contributed by atoms with Gasteiger partial charge in [-0.1, -0.05) is 54.0 Å². The van der Waals surface area contributed by atoms with Crippen LogP contribution in [0.25, 0.3) is 0 Å². The van der Waals surface area contributed by atoms with Gasteiger partial charge in [-0.05, 0) is 92.8 Å². The molecule has 9 heteroatoms. The first kappa shape index (κ1) is 27.3. The lowest BCUT2D eigenvalue weighted by molar-refractivity contribution is -0.123. The van der Waals surface area contributed by atoms with Gasteiger partial charge in [-0.3, -0.25) is 4.79 Å². The molecule has 0 aliphatic heterocycles. The van der Waals surface area contributed by atoms with Gasteiger partial charge in [-0.15, -0.1) is 0 Å². The standard InChI is InChI=1S/C26H23Br2IN2O4/c1-15(2)19-9-8-16(3)10-23(19)34-14-24(32)31-30-13-17-11-18(27)12-21(28)25(17)35-26(33)20-6-4-5-7-22(20)29/h4-13,15H,14H2,1-3H3,(H,31,32)/b30-13+. The molecule has 0 fully saturated rings. The number of benzene rings is 3. The number of halogens is 3. The average molecular weight is 714 g/mol. The van der Waals surface area contributed by atoms with Gasteiger partial charge in [0.15, 0.2) is 12.4 Å². The van der Waals surface area contributed by atoms with Crippen LogP contribution in [-0.2, 0) is 4.79 Å². The molecule has 35 heavy (non-hydrogen) atoms. The second kappa shape index (κ2) is 12.6. The van der Waals surface area contributed by atoms with Crippen molar-refractivity contribution in [1.82, 2.24) is 5.43 Å². The number of ether oxygens (including phenoxy) is 2. The number of hydrogen-bond acceptors (Lipinski definition) is 5. The number of aryl methyl sites for hydroxylation is 1. The number of hydrazone groups is 1. The Kier molecular flexibility index (Phi) is 9.88. The van der Waals surface area contributed by atoms with Crippen LogP contribution in [0.15, 0.2) is 68.6 Å². The zero-order valence-electron chi connectivity index (χ0n) is 19.3. The highest BCUT2D eigenvalue weighted by Crippen LogP contribution is 2.33. The second-order valence-electron chi connectivity index (χ2n) is 7.95. The van der Waals surface area contributed by atoms with E-state index in [0.717, 1.165) is 19.2 Å². The summed E-state index contributed by atoms with van der Waals surface area (Å²) >= 11 is 8.94. The number of carbonyl (C=O) groups is 2. The van der Waals surface area contributed by atoms with Crippen LogP contribution in [0.4, 0.5) is 0 Å². The molecule has 6 nitrogen and oxygen atoms in total. The Labute approximate surface area is 234 Å². The molecule has 1 amide bonds. The normalized spacial score (nSPS) is 11.1. The van der Waals surface area contributed by atoms with Gasteiger partial charge in [0, 0.05) is 13.6 Å². The van der Waals surface area contributed by atoms with Crippen LogP contribution in [0.3, 0.4) is 0 Å². The summed E-state index contributed by atoms with van der Waals surface area (Å²) < 4.78 is 13.5. The van der Waals surface area contributed by atoms with E-state index in [9.17, 15) is 9.59 Å². The molecule has 0 spiro atoms. The Balaban J connectivity index is 1.70. The number of nitrogens with zero attached hydrogens (tertiary/aromatic N) is 1. The van der Waals surface area contributed by atoms with Crippen molar-refractivity contribution in [2.24, 2.45) is 5.10 Å². The molecule has 0 radical (unpaired) electrons. The maximum Gasteiger partial charge on any atom is 0.344 e. The molecule has 0 unspecified atom stereocenters. The number of nitrogens with one attached hydrogen (secondary N) is 1. The molecule has 0 aliphatic rings. The van der Waals surface area contributed by atoms with E-state index in [1.54, 1.807) is 24.3 Å². The SMILES string of the molecule is Cc1ccc(C(C)C)c(OCC(=O)N/N=C/c2cc(Br)cc(Br)c2OC(=O)c2ccccc2I)c1. The lowest BCUT2D eigenvalue weighted by Gasteiger charge is -2.14. The van der Waals surface area contributed by atoms with Crippen molar-refractivity contribution >= 4 is 72.5 Å². The van der Waals surface area contributed by atoms with Gasteiger partial charge >= 0.3 is 5.97 Å². The van der Waals surface area contributed by atoms with E-state index in [4.69, 9.17) is 9.47 Å². The molecule has 0 aliphatic carbocycles. The van der Waals surface area contributed by atoms with Crippen molar-refractivity contribution in [1.29, 1.82) is 0 Å². The quantitative estimate of drug-likeness (QED) is 0.0898. The molecule has 0 bridgehead atoms. The van der Waals surface area contributed by atoms with E-state index in [2.05, 4.69) is 78.8 Å². The van der Waals surface area contributed by atoms with E-state index in [1.165, 1.54) is 6.21 Å². The maximum atomic E-state index is 12.7. The van der Waals surface area contributed by atoms with Crippen LogP contribution in [0, 0.1) is 10.5 Å². The predicted molar refractivity (Wildman–Crippen MR) is 152 cm³/mol. The molecule has 3 aromatic carbocycles. The fraction of sp³-hybridized carbons (Fsp3) is 0.192. The monoisotopic (exact) mass is 712 g/mol. The van der Waals surface area contributed by atoms with Crippen molar-refractivity contribution < 1.29 is 19.1 Å². The third-order valence-corrected chi connectivity index (χ3v) is 6.86. The van der Waals surface area contributed by atoms with Crippen molar-refractivity contribution in [3.8, 4) is 11.5 Å². The Morgan fingerprint density at radius 2 is 1.86 bits per heavy atom. The number of rotatable bonds is 8. The van der Waals surface area contributed by atoms with Gasteiger partial charge in [-0.2, -0.15) is 5.10 Å². The van der Waals surface area contributed by atoms with Gasteiger partial charge in [0.1, 0.15) is 5.75 Å². The summed E-state index contributed by atoms with van der Waals surface area (Å²) in [5, 5.41) is 4.03. The summed E-state index contributed by atoms with van der Waals surface area (Å²) in [6.07, 6.45) is 1.41. The molecule has 0 atom stereocenters. The minimum atomic E-state index is -0.496. The van der Waals surface area contributed by atoms with E-state index in [0.29, 0.717) is 21.3 Å². The zero-order valence-corrected chi connectivity index (χ0v) is 24.6. The molecule has 1 N–H and O–H groups in total. The van der Waals surface area contributed by atoms with Crippen molar-refractivity contribution in [2.75, 3.05) is 6.61 Å². The van der Waals surface area contributed by atoms with E-state index in [-0.39, 0.29) is 18.3 Å². The molecule has 3 aromatic rings. The van der Waals surface area contributed by atoms with E-state index >= 15 is 0 Å². The fourth-order valence-electron chi connectivity index (χ4n) is 3.15. The molecular weight excluding hydrogens is 691 g/mol. The molecule has 0 saturated heterocycles. The van der Waals surface area contributed by atoms with Gasteiger partial charge < -0.3 is 9.47 Å². The van der Waals surface area contributed by atoms with Gasteiger partial charge in [0.25, 0.3) is 5.91 Å². The summed E-state index contributed by atoms with van der Waals surface area (Å²) in [5.74, 6) is 0.323. The number of esters is 1. The number of carbonyl (C=O) groups excluding carboxylic acids is 2. The summed E-state index contributed by atoms with van der Waals surface area (Å²) in [7, 11) is 0. The molecule has 0 heterocycles. The van der Waals surface area contributed by atoms with Crippen LogP contribution < -0.4 is 14.9 Å². The summed E-state index contributed by atoms with van der Waals surface area (Å²) in [4.78, 5) is 25.1. The zero-order chi connectivity index (χ0) is 25.5. The summed E-state index contributed by atoms with van der Waals surface area (Å²) in [6, 6.07) is 16.6. The minimum absolute atomic E-state index is 0.184. The van der Waals surface area contributed by atoms with Crippen molar-refractivity contribution in [2.45, 2.75) is 26.7 Å². The predicted octanol–water partition coefficient (Wildman–Crippen LogP) is 7.00.